The van der Waals surface area contributed by atoms with Crippen LogP contribution < -0.4 is 10.3 Å². The fourth-order valence-electron chi connectivity index (χ4n) is 3.09. The van der Waals surface area contributed by atoms with E-state index in [0.717, 1.165) is 12.1 Å². The van der Waals surface area contributed by atoms with Crippen LogP contribution in [0.1, 0.15) is 32.3 Å². The second kappa shape index (κ2) is 8.35. The van der Waals surface area contributed by atoms with Gasteiger partial charge in [-0.3, -0.25) is 4.79 Å². The van der Waals surface area contributed by atoms with Crippen molar-refractivity contribution >= 4 is 31.8 Å². The first-order chi connectivity index (χ1) is 14.8. The van der Waals surface area contributed by atoms with Crippen LogP contribution in [0.3, 0.4) is 0 Å². The topological polar surface area (TPSA) is 182 Å². The number of aryl methyl sites for hydroxylation is 1. The highest BCUT2D eigenvalue weighted by Crippen LogP contribution is 2.23. The Labute approximate surface area is 183 Å². The Morgan fingerprint density at radius 3 is 2.12 bits per heavy atom. The molecule has 1 aromatic carbocycles. The van der Waals surface area contributed by atoms with Crippen molar-refractivity contribution in [3.63, 3.8) is 0 Å². The molecule has 0 saturated heterocycles. The molecule has 0 radical (unpaired) electrons. The van der Waals surface area contributed by atoms with Crippen LogP contribution in [0.15, 0.2) is 56.9 Å². The first-order valence-corrected chi connectivity index (χ1v) is 12.0. The van der Waals surface area contributed by atoms with Gasteiger partial charge in [0.15, 0.2) is 6.61 Å². The number of primary sulfonamides is 2. The van der Waals surface area contributed by atoms with Crippen LogP contribution in [0.2, 0.25) is 0 Å². The van der Waals surface area contributed by atoms with Crippen molar-refractivity contribution in [3.05, 3.63) is 65.2 Å². The molecule has 13 heteroatoms. The summed E-state index contributed by atoms with van der Waals surface area (Å²) in [4.78, 5) is 24.6. The number of ether oxygens (including phenoxy) is 1. The highest BCUT2D eigenvalue weighted by molar-refractivity contribution is 7.89. The molecular weight excluding hydrogens is 462 g/mol. The van der Waals surface area contributed by atoms with Crippen LogP contribution >= 0.6 is 0 Å². The summed E-state index contributed by atoms with van der Waals surface area (Å²) in [6, 6.07) is 9.48. The number of nitrogens with two attached hydrogens (primary N) is 2. The van der Waals surface area contributed by atoms with Gasteiger partial charge in [0.25, 0.3) is 10.0 Å². The van der Waals surface area contributed by atoms with E-state index in [1.54, 1.807) is 36.6 Å². The van der Waals surface area contributed by atoms with Gasteiger partial charge in [-0.05, 0) is 56.3 Å². The Balaban J connectivity index is 1.77. The molecule has 4 N–H and O–H groups in total. The first kappa shape index (κ1) is 23.4. The minimum absolute atomic E-state index is 0.0459. The number of aromatic nitrogens is 1. The number of hydrogen-bond donors (Lipinski definition) is 2. The van der Waals surface area contributed by atoms with E-state index in [2.05, 4.69) is 0 Å². The van der Waals surface area contributed by atoms with E-state index in [9.17, 15) is 26.4 Å². The normalized spacial score (nSPS) is 12.0. The van der Waals surface area contributed by atoms with Gasteiger partial charge < -0.3 is 13.7 Å². The summed E-state index contributed by atoms with van der Waals surface area (Å²) in [7, 11) is -7.95. The molecule has 170 valence electrons. The monoisotopic (exact) mass is 481 g/mol. The smallest absolute Gasteiger partial charge is 0.374 e. The summed E-state index contributed by atoms with van der Waals surface area (Å²) in [6.45, 7) is 2.82. The Hall–Kier alpha value is -3.26. The number of sulfonamides is 2. The molecule has 11 nitrogen and oxygen atoms in total. The molecule has 0 unspecified atom stereocenters. The number of Topliss-reactive ketones (excluding diaryl/α,β-unsaturated/α-hetero) is 1. The maximum atomic E-state index is 12.6. The first-order valence-electron chi connectivity index (χ1n) is 8.94. The summed E-state index contributed by atoms with van der Waals surface area (Å²) >= 11 is 0. The molecule has 32 heavy (non-hydrogen) atoms. The zero-order valence-corrected chi connectivity index (χ0v) is 18.6. The lowest BCUT2D eigenvalue weighted by Gasteiger charge is -2.10. The molecule has 0 aliphatic heterocycles. The fraction of sp³-hybridized carbons (Fsp3) is 0.158. The third-order valence-corrected chi connectivity index (χ3v) is 6.26. The number of benzene rings is 1. The number of ketones is 1. The van der Waals surface area contributed by atoms with Crippen molar-refractivity contribution in [2.45, 2.75) is 23.8 Å². The third-order valence-electron chi connectivity index (χ3n) is 4.55. The predicted molar refractivity (Wildman–Crippen MR) is 111 cm³/mol. The lowest BCUT2D eigenvalue weighted by Crippen LogP contribution is -2.15. The van der Waals surface area contributed by atoms with Crippen LogP contribution in [0, 0.1) is 13.8 Å². The molecule has 3 rings (SSSR count). The molecule has 0 bridgehead atoms. The number of nitrogens with zero attached hydrogens (tertiary/aromatic N) is 1. The van der Waals surface area contributed by atoms with Gasteiger partial charge in [-0.25, -0.2) is 31.9 Å². The fourth-order valence-corrected chi connectivity index (χ4v) is 4.07. The summed E-state index contributed by atoms with van der Waals surface area (Å²) < 4.78 is 56.8. The van der Waals surface area contributed by atoms with Gasteiger partial charge >= 0.3 is 5.97 Å². The minimum atomic E-state index is -4.12. The largest absolute Gasteiger partial charge is 0.451 e. The van der Waals surface area contributed by atoms with Crippen molar-refractivity contribution < 1.29 is 35.6 Å². The summed E-state index contributed by atoms with van der Waals surface area (Å²) in [5, 5.41) is 9.42. The molecule has 0 amide bonds. The second-order valence-corrected chi connectivity index (χ2v) is 9.88. The summed E-state index contributed by atoms with van der Waals surface area (Å²) in [5.41, 5.74) is 2.12. The number of rotatable bonds is 7. The van der Waals surface area contributed by atoms with Crippen molar-refractivity contribution in [1.29, 1.82) is 0 Å². The van der Waals surface area contributed by atoms with E-state index in [4.69, 9.17) is 19.4 Å². The molecule has 0 aliphatic carbocycles. The molecule has 0 spiro atoms. The average molecular weight is 482 g/mol. The lowest BCUT2D eigenvalue weighted by atomic mass is 10.1. The average Bonchev–Trinajstić information content (AvgIpc) is 3.30. The number of esters is 1. The van der Waals surface area contributed by atoms with E-state index in [1.807, 2.05) is 0 Å². The second-order valence-electron chi connectivity index (χ2n) is 6.82. The van der Waals surface area contributed by atoms with Crippen molar-refractivity contribution in [3.8, 4) is 5.69 Å². The molecule has 0 atom stereocenters. The van der Waals surface area contributed by atoms with Crippen molar-refractivity contribution in [2.75, 3.05) is 6.61 Å². The van der Waals surface area contributed by atoms with Crippen LogP contribution in [-0.2, 0) is 24.8 Å². The molecule has 0 saturated carbocycles. The quantitative estimate of drug-likeness (QED) is 0.370. The van der Waals surface area contributed by atoms with Gasteiger partial charge in [0.05, 0.1) is 4.90 Å². The van der Waals surface area contributed by atoms with Gasteiger partial charge in [0.1, 0.15) is 0 Å². The lowest BCUT2D eigenvalue weighted by molar-refractivity contribution is 0.0438. The molecule has 0 aliphatic rings. The van der Waals surface area contributed by atoms with E-state index in [0.29, 0.717) is 17.1 Å². The zero-order valence-electron chi connectivity index (χ0n) is 16.9. The molecule has 0 fully saturated rings. The van der Waals surface area contributed by atoms with Crippen molar-refractivity contribution in [1.82, 2.24) is 4.57 Å². The van der Waals surface area contributed by atoms with Gasteiger partial charge in [-0.2, -0.15) is 0 Å². The van der Waals surface area contributed by atoms with Gasteiger partial charge in [-0.1, -0.05) is 0 Å². The highest BCUT2D eigenvalue weighted by atomic mass is 32.2. The standard InChI is InChI=1S/C19H19N3O8S2/c1-11-9-15(12(2)22(11)13-3-5-14(6-4-13)31(20,25)26)16(23)10-29-19(24)17-7-8-18(30-17)32(21,27)28/h3-9H,10H2,1-2H3,(H2,20,25,26)(H2,21,27,28). The van der Waals surface area contributed by atoms with E-state index < -0.39 is 49.3 Å². The van der Waals surface area contributed by atoms with E-state index in [1.165, 1.54) is 12.1 Å². The molecule has 3 aromatic rings. The molecule has 2 heterocycles. The maximum absolute atomic E-state index is 12.6. The van der Waals surface area contributed by atoms with Gasteiger partial charge in [0, 0.05) is 22.6 Å². The van der Waals surface area contributed by atoms with E-state index in [-0.39, 0.29) is 10.5 Å². The summed E-state index contributed by atoms with van der Waals surface area (Å²) in [6.07, 6.45) is 0. The SMILES string of the molecule is Cc1cc(C(=O)COC(=O)c2ccc(S(N)(=O)=O)o2)c(C)n1-c1ccc(S(N)(=O)=O)cc1. The van der Waals surface area contributed by atoms with Gasteiger partial charge in [-0.15, -0.1) is 0 Å². The third kappa shape index (κ3) is 4.80. The Morgan fingerprint density at radius 2 is 1.59 bits per heavy atom. The number of carbonyl (C=O) groups excluding carboxylic acids is 2. The number of hydrogen-bond acceptors (Lipinski definition) is 8. The Kier molecular flexibility index (Phi) is 6.11. The van der Waals surface area contributed by atoms with Crippen LogP contribution in [0.4, 0.5) is 0 Å². The van der Waals surface area contributed by atoms with Gasteiger partial charge in [0.2, 0.25) is 26.7 Å². The van der Waals surface area contributed by atoms with Crippen LogP contribution in [0.25, 0.3) is 5.69 Å². The molecule has 2 aromatic heterocycles. The Bertz CT molecular complexity index is 1420. The Morgan fingerprint density at radius 1 is 0.969 bits per heavy atom. The van der Waals surface area contributed by atoms with Crippen LogP contribution in [0.5, 0.6) is 0 Å². The maximum Gasteiger partial charge on any atom is 0.374 e. The van der Waals surface area contributed by atoms with Crippen molar-refractivity contribution in [2.24, 2.45) is 10.3 Å². The molecular formula is C19H19N3O8S2. The predicted octanol–water partition coefficient (Wildman–Crippen LogP) is 1.02. The highest BCUT2D eigenvalue weighted by Gasteiger charge is 2.22. The number of furan rings is 1. The minimum Gasteiger partial charge on any atom is -0.451 e. The summed E-state index contributed by atoms with van der Waals surface area (Å²) in [5.74, 6) is -1.94. The van der Waals surface area contributed by atoms with Crippen LogP contribution in [-0.4, -0.2) is 39.8 Å². The van der Waals surface area contributed by atoms with E-state index >= 15 is 0 Å². The number of carbonyl (C=O) groups is 2. The zero-order chi connectivity index (χ0) is 23.8.